The fourth-order valence-electron chi connectivity index (χ4n) is 1.72. The smallest absolute Gasteiger partial charge is 0.357 e. The Labute approximate surface area is 129 Å². The average Bonchev–Trinajstić information content (AvgIpc) is 2.51. The second kappa shape index (κ2) is 8.61. The highest BCUT2D eigenvalue weighted by Crippen LogP contribution is 2.11. The van der Waals surface area contributed by atoms with Crippen molar-refractivity contribution in [2.24, 2.45) is 4.99 Å². The predicted octanol–water partition coefficient (Wildman–Crippen LogP) is 2.20. The summed E-state index contributed by atoms with van der Waals surface area (Å²) in [5.41, 5.74) is 0.304. The molecule has 0 amide bonds. The summed E-state index contributed by atoms with van der Waals surface area (Å²) in [5, 5.41) is 9.69. The van der Waals surface area contributed by atoms with Crippen LogP contribution in [0.2, 0.25) is 0 Å². The Morgan fingerprint density at radius 2 is 1.82 bits per heavy atom. The molecule has 0 spiro atoms. The van der Waals surface area contributed by atoms with Crippen LogP contribution in [0.1, 0.15) is 19.4 Å². The van der Waals surface area contributed by atoms with Gasteiger partial charge in [0, 0.05) is 0 Å². The summed E-state index contributed by atoms with van der Waals surface area (Å²) in [4.78, 5) is 27.9. The van der Waals surface area contributed by atoms with Crippen LogP contribution >= 0.6 is 0 Å². The number of ether oxygens (including phenoxy) is 2. The standard InChI is InChI=1S/C16H19NO5/c1-4-22-16(20)14(13(11(2)18)15(19)21-3)17-10-12-8-6-5-7-9-12/h5-9,18H,4,10H2,1-3H3/b13-11-,17-14?. The van der Waals surface area contributed by atoms with Crippen molar-refractivity contribution in [1.29, 1.82) is 0 Å². The van der Waals surface area contributed by atoms with E-state index in [4.69, 9.17) is 4.74 Å². The molecule has 0 unspecified atom stereocenters. The largest absolute Gasteiger partial charge is 0.512 e. The SMILES string of the molecule is CCOC(=O)C(=NCc1ccccc1)/C(C(=O)OC)=C(\C)O. The lowest BCUT2D eigenvalue weighted by atomic mass is 10.1. The van der Waals surface area contributed by atoms with Gasteiger partial charge >= 0.3 is 11.9 Å². The Morgan fingerprint density at radius 3 is 2.32 bits per heavy atom. The molecule has 1 aromatic rings. The third-order valence-corrected chi connectivity index (χ3v) is 2.72. The second-order valence-corrected chi connectivity index (χ2v) is 4.32. The molecule has 0 aromatic heterocycles. The van der Waals surface area contributed by atoms with E-state index in [0.29, 0.717) is 0 Å². The first kappa shape index (κ1) is 17.4. The summed E-state index contributed by atoms with van der Waals surface area (Å²) in [6.45, 7) is 3.22. The molecule has 0 saturated carbocycles. The van der Waals surface area contributed by atoms with Gasteiger partial charge in [-0.15, -0.1) is 0 Å². The lowest BCUT2D eigenvalue weighted by molar-refractivity contribution is -0.138. The molecule has 1 rings (SSSR count). The van der Waals surface area contributed by atoms with E-state index in [1.807, 2.05) is 30.3 Å². The quantitative estimate of drug-likeness (QED) is 0.377. The number of esters is 2. The highest BCUT2D eigenvalue weighted by molar-refractivity contribution is 6.49. The number of aliphatic hydroxyl groups excluding tert-OH is 1. The minimum absolute atomic E-state index is 0.127. The van der Waals surface area contributed by atoms with Crippen molar-refractivity contribution in [3.05, 3.63) is 47.2 Å². The summed E-state index contributed by atoms with van der Waals surface area (Å²) in [6, 6.07) is 9.20. The van der Waals surface area contributed by atoms with Crippen molar-refractivity contribution in [1.82, 2.24) is 0 Å². The zero-order chi connectivity index (χ0) is 16.5. The Morgan fingerprint density at radius 1 is 1.18 bits per heavy atom. The molecule has 0 radical (unpaired) electrons. The molecular formula is C16H19NO5. The molecular weight excluding hydrogens is 286 g/mol. The van der Waals surface area contributed by atoms with Gasteiger partial charge in [0.1, 0.15) is 11.3 Å². The van der Waals surface area contributed by atoms with Crippen molar-refractivity contribution < 1.29 is 24.2 Å². The molecule has 22 heavy (non-hydrogen) atoms. The number of aliphatic hydroxyl groups is 1. The molecule has 0 atom stereocenters. The van der Waals surface area contributed by atoms with Crippen LogP contribution in [0.3, 0.4) is 0 Å². The van der Waals surface area contributed by atoms with Crippen molar-refractivity contribution >= 4 is 17.7 Å². The van der Waals surface area contributed by atoms with Gasteiger partial charge in [0.15, 0.2) is 5.71 Å². The first-order chi connectivity index (χ1) is 10.5. The van der Waals surface area contributed by atoms with Gasteiger partial charge in [-0.3, -0.25) is 4.99 Å². The van der Waals surface area contributed by atoms with E-state index in [1.54, 1.807) is 6.92 Å². The number of methoxy groups -OCH3 is 1. The number of rotatable bonds is 6. The maximum absolute atomic E-state index is 12.0. The highest BCUT2D eigenvalue weighted by atomic mass is 16.5. The molecule has 0 aliphatic heterocycles. The lowest BCUT2D eigenvalue weighted by Crippen LogP contribution is -2.26. The molecule has 118 valence electrons. The van der Waals surface area contributed by atoms with E-state index in [2.05, 4.69) is 9.73 Å². The monoisotopic (exact) mass is 305 g/mol. The van der Waals surface area contributed by atoms with E-state index in [-0.39, 0.29) is 30.2 Å². The van der Waals surface area contributed by atoms with E-state index in [1.165, 1.54) is 6.92 Å². The van der Waals surface area contributed by atoms with Crippen LogP contribution < -0.4 is 0 Å². The fraction of sp³-hybridized carbons (Fsp3) is 0.312. The number of allylic oxidation sites excluding steroid dienone is 1. The molecule has 0 aliphatic rings. The summed E-state index contributed by atoms with van der Waals surface area (Å²) in [5.74, 6) is -1.99. The summed E-state index contributed by atoms with van der Waals surface area (Å²) >= 11 is 0. The molecule has 0 saturated heterocycles. The Hall–Kier alpha value is -2.63. The topological polar surface area (TPSA) is 85.2 Å². The minimum Gasteiger partial charge on any atom is -0.512 e. The van der Waals surface area contributed by atoms with Crippen molar-refractivity contribution in [2.45, 2.75) is 20.4 Å². The third-order valence-electron chi connectivity index (χ3n) is 2.72. The van der Waals surface area contributed by atoms with Gasteiger partial charge in [0.2, 0.25) is 0 Å². The summed E-state index contributed by atoms with van der Waals surface area (Å²) in [6.07, 6.45) is 0. The minimum atomic E-state index is -0.847. The first-order valence-corrected chi connectivity index (χ1v) is 6.75. The van der Waals surface area contributed by atoms with Crippen LogP contribution in [-0.4, -0.2) is 36.5 Å². The number of benzene rings is 1. The molecule has 0 aliphatic carbocycles. The van der Waals surface area contributed by atoms with Crippen LogP contribution in [0.15, 0.2) is 46.7 Å². The molecule has 1 aromatic carbocycles. The van der Waals surface area contributed by atoms with Gasteiger partial charge in [-0.2, -0.15) is 0 Å². The molecule has 0 bridgehead atoms. The number of hydrogen-bond donors (Lipinski definition) is 1. The zero-order valence-corrected chi connectivity index (χ0v) is 12.8. The van der Waals surface area contributed by atoms with Crippen LogP contribution in [0.5, 0.6) is 0 Å². The van der Waals surface area contributed by atoms with Gasteiger partial charge in [0.05, 0.1) is 20.3 Å². The fourth-order valence-corrected chi connectivity index (χ4v) is 1.72. The van der Waals surface area contributed by atoms with Gasteiger partial charge in [0.25, 0.3) is 0 Å². The second-order valence-electron chi connectivity index (χ2n) is 4.32. The van der Waals surface area contributed by atoms with E-state index >= 15 is 0 Å². The number of hydrogen-bond acceptors (Lipinski definition) is 6. The van der Waals surface area contributed by atoms with Gasteiger partial charge in [-0.25, -0.2) is 9.59 Å². The zero-order valence-electron chi connectivity index (χ0n) is 12.8. The van der Waals surface area contributed by atoms with Gasteiger partial charge < -0.3 is 14.6 Å². The average molecular weight is 305 g/mol. The van der Waals surface area contributed by atoms with E-state index < -0.39 is 11.9 Å². The lowest BCUT2D eigenvalue weighted by Gasteiger charge is -2.10. The highest BCUT2D eigenvalue weighted by Gasteiger charge is 2.27. The molecule has 1 N–H and O–H groups in total. The summed E-state index contributed by atoms with van der Waals surface area (Å²) < 4.78 is 9.49. The third kappa shape index (κ3) is 4.73. The van der Waals surface area contributed by atoms with Crippen LogP contribution in [-0.2, 0) is 25.6 Å². The van der Waals surface area contributed by atoms with Crippen LogP contribution in [0.25, 0.3) is 0 Å². The number of aliphatic imine (C=N–C) groups is 1. The molecule has 6 nitrogen and oxygen atoms in total. The van der Waals surface area contributed by atoms with E-state index in [9.17, 15) is 14.7 Å². The van der Waals surface area contributed by atoms with Crippen molar-refractivity contribution in [3.8, 4) is 0 Å². The van der Waals surface area contributed by atoms with Gasteiger partial charge in [-0.1, -0.05) is 30.3 Å². The molecule has 6 heteroatoms. The maximum Gasteiger partial charge on any atom is 0.357 e. The van der Waals surface area contributed by atoms with Gasteiger partial charge in [-0.05, 0) is 19.4 Å². The number of nitrogens with zero attached hydrogens (tertiary/aromatic N) is 1. The Kier molecular flexibility index (Phi) is 6.82. The number of carbonyl (C=O) groups excluding carboxylic acids is 2. The molecule has 0 heterocycles. The predicted molar refractivity (Wildman–Crippen MR) is 81.6 cm³/mol. The Balaban J connectivity index is 3.20. The number of carbonyl (C=O) groups is 2. The maximum atomic E-state index is 12.0. The first-order valence-electron chi connectivity index (χ1n) is 6.75. The normalized spacial score (nSPS) is 12.4. The van der Waals surface area contributed by atoms with Crippen LogP contribution in [0.4, 0.5) is 0 Å². The van der Waals surface area contributed by atoms with E-state index in [0.717, 1.165) is 12.7 Å². The van der Waals surface area contributed by atoms with Crippen molar-refractivity contribution in [2.75, 3.05) is 13.7 Å². The van der Waals surface area contributed by atoms with Crippen molar-refractivity contribution in [3.63, 3.8) is 0 Å². The summed E-state index contributed by atoms with van der Waals surface area (Å²) in [7, 11) is 1.16. The van der Waals surface area contributed by atoms with Crippen LogP contribution in [0, 0.1) is 0 Å². The Bertz CT molecular complexity index is 586. The molecule has 0 fully saturated rings.